The minimum Gasteiger partial charge on any atom is -0.303 e. The first kappa shape index (κ1) is 7.60. The van der Waals surface area contributed by atoms with Gasteiger partial charge in [0.05, 0.1) is 0 Å². The topological polar surface area (TPSA) is 3.24 Å². The predicted octanol–water partition coefficient (Wildman–Crippen LogP) is 2.13. The average Bonchev–Trinajstić information content (AvgIpc) is 2.16. The first-order valence-corrected chi connectivity index (χ1v) is 4.96. The van der Waals surface area contributed by atoms with Gasteiger partial charge >= 0.3 is 0 Å². The molecule has 0 amide bonds. The van der Waals surface area contributed by atoms with E-state index in [4.69, 9.17) is 0 Å². The van der Waals surface area contributed by atoms with Gasteiger partial charge in [0.15, 0.2) is 0 Å². The fourth-order valence-corrected chi connectivity index (χ4v) is 2.92. The first-order chi connectivity index (χ1) is 5.25. The van der Waals surface area contributed by atoms with E-state index in [0.717, 1.165) is 17.9 Å². The maximum atomic E-state index is 2.58. The quantitative estimate of drug-likeness (QED) is 0.515. The molecule has 1 heteroatoms. The number of hydrogen-bond acceptors (Lipinski definition) is 1. The predicted molar refractivity (Wildman–Crippen MR) is 47.5 cm³/mol. The second-order valence-corrected chi connectivity index (χ2v) is 4.61. The molecule has 2 bridgehead atoms. The number of hydrogen-bond donors (Lipinski definition) is 0. The summed E-state index contributed by atoms with van der Waals surface area (Å²) in [5.41, 5.74) is 0. The van der Waals surface area contributed by atoms with Crippen LogP contribution in [0.2, 0.25) is 0 Å². The SMILES string of the molecule is C[C@@H]1CC2CCC(C1)N(C)C2. The maximum absolute atomic E-state index is 2.58. The number of rotatable bonds is 0. The van der Waals surface area contributed by atoms with E-state index in [9.17, 15) is 0 Å². The first-order valence-electron chi connectivity index (χ1n) is 4.96. The van der Waals surface area contributed by atoms with Crippen LogP contribution in [0.25, 0.3) is 0 Å². The van der Waals surface area contributed by atoms with Crippen molar-refractivity contribution in [3.8, 4) is 0 Å². The molecule has 2 unspecified atom stereocenters. The standard InChI is InChI=1S/C10H19N/c1-8-5-9-3-4-10(6-8)11(2)7-9/h8-10H,3-7H2,1-2H3/t8-,9?,10?/m1/s1. The van der Waals surface area contributed by atoms with Gasteiger partial charge in [-0.1, -0.05) is 6.92 Å². The highest BCUT2D eigenvalue weighted by molar-refractivity contribution is 4.86. The van der Waals surface area contributed by atoms with Gasteiger partial charge in [-0.15, -0.1) is 0 Å². The van der Waals surface area contributed by atoms with Crippen molar-refractivity contribution in [2.75, 3.05) is 13.6 Å². The van der Waals surface area contributed by atoms with Crippen LogP contribution >= 0.6 is 0 Å². The van der Waals surface area contributed by atoms with E-state index < -0.39 is 0 Å². The van der Waals surface area contributed by atoms with Crippen molar-refractivity contribution in [1.82, 2.24) is 4.90 Å². The van der Waals surface area contributed by atoms with Crippen molar-refractivity contribution in [1.29, 1.82) is 0 Å². The maximum Gasteiger partial charge on any atom is 0.00949 e. The van der Waals surface area contributed by atoms with Crippen LogP contribution in [0, 0.1) is 11.8 Å². The van der Waals surface area contributed by atoms with Gasteiger partial charge < -0.3 is 4.90 Å². The van der Waals surface area contributed by atoms with Gasteiger partial charge in [-0.25, -0.2) is 0 Å². The van der Waals surface area contributed by atoms with Crippen molar-refractivity contribution >= 4 is 0 Å². The molecule has 0 radical (unpaired) electrons. The molecule has 2 saturated heterocycles. The molecular weight excluding hydrogens is 134 g/mol. The molecule has 2 aliphatic heterocycles. The summed E-state index contributed by atoms with van der Waals surface area (Å²) in [7, 11) is 2.30. The monoisotopic (exact) mass is 153 g/mol. The molecule has 0 aromatic rings. The lowest BCUT2D eigenvalue weighted by molar-refractivity contribution is 0.157. The van der Waals surface area contributed by atoms with E-state index in [2.05, 4.69) is 18.9 Å². The zero-order chi connectivity index (χ0) is 7.84. The molecule has 1 aliphatic carbocycles. The Morgan fingerprint density at radius 3 is 2.73 bits per heavy atom. The Morgan fingerprint density at radius 2 is 2.00 bits per heavy atom. The summed E-state index contributed by atoms with van der Waals surface area (Å²) in [4.78, 5) is 2.58. The van der Waals surface area contributed by atoms with Crippen molar-refractivity contribution in [3.05, 3.63) is 0 Å². The second kappa shape index (κ2) is 2.78. The largest absolute Gasteiger partial charge is 0.303 e. The molecule has 0 aromatic carbocycles. The van der Waals surface area contributed by atoms with Gasteiger partial charge in [0, 0.05) is 12.6 Å². The van der Waals surface area contributed by atoms with E-state index >= 15 is 0 Å². The van der Waals surface area contributed by atoms with Crippen LogP contribution < -0.4 is 0 Å². The zero-order valence-electron chi connectivity index (χ0n) is 7.71. The van der Waals surface area contributed by atoms with Crippen LogP contribution in [-0.2, 0) is 0 Å². The van der Waals surface area contributed by atoms with Crippen LogP contribution in [-0.4, -0.2) is 24.5 Å². The second-order valence-electron chi connectivity index (χ2n) is 4.61. The molecule has 2 heterocycles. The summed E-state index contributed by atoms with van der Waals surface area (Å²) in [6, 6.07) is 0.920. The van der Waals surface area contributed by atoms with Gasteiger partial charge in [-0.2, -0.15) is 0 Å². The summed E-state index contributed by atoms with van der Waals surface area (Å²) in [5, 5.41) is 0. The van der Waals surface area contributed by atoms with Crippen LogP contribution in [0.1, 0.15) is 32.6 Å². The fraction of sp³-hybridized carbons (Fsp3) is 1.00. The minimum atomic E-state index is 0.920. The van der Waals surface area contributed by atoms with Crippen molar-refractivity contribution in [3.63, 3.8) is 0 Å². The summed E-state index contributed by atoms with van der Waals surface area (Å²) in [5.74, 6) is 2.01. The average molecular weight is 153 g/mol. The molecule has 0 spiro atoms. The van der Waals surface area contributed by atoms with Crippen LogP contribution in [0.3, 0.4) is 0 Å². The van der Waals surface area contributed by atoms with Crippen LogP contribution in [0.15, 0.2) is 0 Å². The summed E-state index contributed by atoms with van der Waals surface area (Å²) >= 11 is 0. The Bertz CT molecular complexity index is 142. The Morgan fingerprint density at radius 1 is 1.18 bits per heavy atom. The molecule has 64 valence electrons. The molecule has 1 saturated carbocycles. The molecule has 3 rings (SSSR count). The van der Waals surface area contributed by atoms with Crippen LogP contribution in [0.5, 0.6) is 0 Å². The highest BCUT2D eigenvalue weighted by Crippen LogP contribution is 2.35. The molecule has 3 fully saturated rings. The minimum absolute atomic E-state index is 0.920. The van der Waals surface area contributed by atoms with Crippen molar-refractivity contribution in [2.24, 2.45) is 11.8 Å². The third-order valence-electron chi connectivity index (χ3n) is 3.49. The third-order valence-corrected chi connectivity index (χ3v) is 3.49. The van der Waals surface area contributed by atoms with Gasteiger partial charge in [-0.05, 0) is 44.6 Å². The van der Waals surface area contributed by atoms with Crippen molar-refractivity contribution < 1.29 is 0 Å². The Hall–Kier alpha value is -0.0400. The summed E-state index contributed by atoms with van der Waals surface area (Å²) < 4.78 is 0. The normalized spacial score (nSPS) is 45.8. The Balaban J connectivity index is 2.10. The fourth-order valence-electron chi connectivity index (χ4n) is 2.92. The molecule has 11 heavy (non-hydrogen) atoms. The molecule has 0 N–H and O–H groups in total. The number of piperidine rings is 1. The number of nitrogens with zero attached hydrogens (tertiary/aromatic N) is 1. The van der Waals surface area contributed by atoms with Crippen LogP contribution in [0.4, 0.5) is 0 Å². The summed E-state index contributed by atoms with van der Waals surface area (Å²) in [6.45, 7) is 3.79. The highest BCUT2D eigenvalue weighted by atomic mass is 15.1. The van der Waals surface area contributed by atoms with Gasteiger partial charge in [0.1, 0.15) is 0 Å². The lowest BCUT2D eigenvalue weighted by Gasteiger charge is -2.33. The zero-order valence-corrected chi connectivity index (χ0v) is 7.71. The van der Waals surface area contributed by atoms with E-state index in [1.54, 1.807) is 0 Å². The van der Waals surface area contributed by atoms with Gasteiger partial charge in [0.2, 0.25) is 0 Å². The third kappa shape index (κ3) is 1.44. The molecule has 3 atom stereocenters. The van der Waals surface area contributed by atoms with Crippen molar-refractivity contribution in [2.45, 2.75) is 38.6 Å². The lowest BCUT2D eigenvalue weighted by atomic mass is 9.94. The molecule has 0 aromatic heterocycles. The van der Waals surface area contributed by atoms with E-state index in [1.807, 2.05) is 0 Å². The lowest BCUT2D eigenvalue weighted by Crippen LogP contribution is -2.37. The molecule has 3 aliphatic rings. The van der Waals surface area contributed by atoms with E-state index in [-0.39, 0.29) is 0 Å². The highest BCUT2D eigenvalue weighted by Gasteiger charge is 2.31. The van der Waals surface area contributed by atoms with Gasteiger partial charge in [-0.3, -0.25) is 0 Å². The Labute approximate surface area is 69.8 Å². The Kier molecular flexibility index (Phi) is 1.92. The molecule has 1 nitrogen and oxygen atoms in total. The molecular formula is C10H19N. The van der Waals surface area contributed by atoms with E-state index in [0.29, 0.717) is 0 Å². The summed E-state index contributed by atoms with van der Waals surface area (Å²) in [6.07, 6.45) is 5.90. The smallest absolute Gasteiger partial charge is 0.00949 e. The van der Waals surface area contributed by atoms with E-state index in [1.165, 1.54) is 32.2 Å². The number of fused-ring (bicyclic) bond motifs is 4. The van der Waals surface area contributed by atoms with Gasteiger partial charge in [0.25, 0.3) is 0 Å².